The summed E-state index contributed by atoms with van der Waals surface area (Å²) in [7, 11) is 1.59. The van der Waals surface area contributed by atoms with E-state index >= 15 is 0 Å². The van der Waals surface area contributed by atoms with E-state index < -0.39 is 6.10 Å². The molecular formula is C19H21N3O3. The van der Waals surface area contributed by atoms with E-state index in [0.29, 0.717) is 13.0 Å². The molecule has 0 bridgehead atoms. The van der Waals surface area contributed by atoms with Crippen molar-refractivity contribution in [2.24, 2.45) is 0 Å². The summed E-state index contributed by atoms with van der Waals surface area (Å²) in [6, 6.07) is 14.9. The average molecular weight is 339 g/mol. The van der Waals surface area contributed by atoms with Gasteiger partial charge in [0.05, 0.1) is 30.6 Å². The van der Waals surface area contributed by atoms with Crippen molar-refractivity contribution in [1.82, 2.24) is 14.9 Å². The van der Waals surface area contributed by atoms with Crippen LogP contribution < -0.4 is 10.1 Å². The number of amides is 1. The Bertz CT molecular complexity index is 843. The number of benzene rings is 2. The third-order valence-electron chi connectivity index (χ3n) is 4.10. The highest BCUT2D eigenvalue weighted by atomic mass is 16.5. The van der Waals surface area contributed by atoms with E-state index in [1.807, 2.05) is 28.8 Å². The Kier molecular flexibility index (Phi) is 5.30. The van der Waals surface area contributed by atoms with Crippen LogP contribution in [0.4, 0.5) is 0 Å². The molecule has 0 saturated carbocycles. The summed E-state index contributed by atoms with van der Waals surface area (Å²) in [4.78, 5) is 16.3. The zero-order valence-corrected chi connectivity index (χ0v) is 14.1. The highest BCUT2D eigenvalue weighted by Gasteiger charge is 2.10. The Hall–Kier alpha value is -2.86. The second-order valence-corrected chi connectivity index (χ2v) is 5.77. The first-order valence-electron chi connectivity index (χ1n) is 8.16. The lowest BCUT2D eigenvalue weighted by molar-refractivity contribution is -0.121. The molecule has 2 aromatic carbocycles. The van der Waals surface area contributed by atoms with Crippen molar-refractivity contribution >= 4 is 16.9 Å². The molecule has 6 heteroatoms. The molecule has 130 valence electrons. The van der Waals surface area contributed by atoms with Gasteiger partial charge in [0.1, 0.15) is 5.75 Å². The largest absolute Gasteiger partial charge is 0.497 e. The van der Waals surface area contributed by atoms with E-state index in [0.717, 1.165) is 22.3 Å². The molecule has 2 N–H and O–H groups in total. The van der Waals surface area contributed by atoms with Gasteiger partial charge in [-0.2, -0.15) is 0 Å². The molecule has 0 unspecified atom stereocenters. The molecule has 0 fully saturated rings. The number of aliphatic hydroxyl groups excluding tert-OH is 1. The van der Waals surface area contributed by atoms with Gasteiger partial charge in [0, 0.05) is 19.5 Å². The number of aliphatic hydroxyl groups is 1. The van der Waals surface area contributed by atoms with E-state index in [4.69, 9.17) is 4.74 Å². The lowest BCUT2D eigenvalue weighted by atomic mass is 10.1. The normalized spacial score (nSPS) is 12.1. The fourth-order valence-electron chi connectivity index (χ4n) is 2.65. The van der Waals surface area contributed by atoms with Crippen LogP contribution in [0.5, 0.6) is 5.75 Å². The van der Waals surface area contributed by atoms with Crippen LogP contribution in [0, 0.1) is 0 Å². The summed E-state index contributed by atoms with van der Waals surface area (Å²) in [5, 5.41) is 12.9. The first kappa shape index (κ1) is 17.0. The van der Waals surface area contributed by atoms with Crippen molar-refractivity contribution in [2.75, 3.05) is 13.7 Å². The van der Waals surface area contributed by atoms with Crippen LogP contribution in [-0.2, 0) is 11.3 Å². The SMILES string of the molecule is COc1ccc([C@H](O)CNC(=O)CCn2cnc3ccccc32)cc1. The highest BCUT2D eigenvalue weighted by molar-refractivity contribution is 5.77. The van der Waals surface area contributed by atoms with Gasteiger partial charge in [-0.3, -0.25) is 4.79 Å². The number of nitrogens with zero attached hydrogens (tertiary/aromatic N) is 2. The molecule has 1 amide bonds. The van der Waals surface area contributed by atoms with Gasteiger partial charge in [0.25, 0.3) is 0 Å². The Balaban J connectivity index is 1.49. The number of rotatable bonds is 7. The Morgan fingerprint density at radius 3 is 2.76 bits per heavy atom. The molecule has 25 heavy (non-hydrogen) atoms. The lowest BCUT2D eigenvalue weighted by Gasteiger charge is -2.13. The zero-order chi connectivity index (χ0) is 17.6. The number of ether oxygens (including phenoxy) is 1. The maximum Gasteiger partial charge on any atom is 0.221 e. The van der Waals surface area contributed by atoms with Crippen molar-refractivity contribution in [2.45, 2.75) is 19.1 Å². The van der Waals surface area contributed by atoms with Gasteiger partial charge < -0.3 is 19.7 Å². The maximum absolute atomic E-state index is 12.0. The number of hydrogen-bond acceptors (Lipinski definition) is 4. The minimum Gasteiger partial charge on any atom is -0.497 e. The molecule has 0 aliphatic carbocycles. The maximum atomic E-state index is 12.0. The van der Waals surface area contributed by atoms with Gasteiger partial charge in [0.15, 0.2) is 0 Å². The summed E-state index contributed by atoms with van der Waals surface area (Å²) in [5.74, 6) is 0.623. The Labute approximate surface area is 146 Å². The van der Waals surface area contributed by atoms with E-state index in [-0.39, 0.29) is 12.5 Å². The summed E-state index contributed by atoms with van der Waals surface area (Å²) in [6.07, 6.45) is 1.32. The molecule has 6 nitrogen and oxygen atoms in total. The number of carbonyl (C=O) groups is 1. The fourth-order valence-corrected chi connectivity index (χ4v) is 2.65. The monoisotopic (exact) mass is 339 g/mol. The molecule has 1 aromatic heterocycles. The van der Waals surface area contributed by atoms with Crippen LogP contribution >= 0.6 is 0 Å². The lowest BCUT2D eigenvalue weighted by Crippen LogP contribution is -2.29. The minimum absolute atomic E-state index is 0.106. The molecular weight excluding hydrogens is 318 g/mol. The average Bonchev–Trinajstić information content (AvgIpc) is 3.07. The van der Waals surface area contributed by atoms with Gasteiger partial charge in [-0.05, 0) is 29.8 Å². The Morgan fingerprint density at radius 1 is 1.24 bits per heavy atom. The fraction of sp³-hybridized carbons (Fsp3) is 0.263. The van der Waals surface area contributed by atoms with Crippen LogP contribution in [0.1, 0.15) is 18.1 Å². The predicted octanol–water partition coefficient (Wildman–Crippen LogP) is 2.28. The number of para-hydroxylation sites is 2. The summed E-state index contributed by atoms with van der Waals surface area (Å²) in [5.41, 5.74) is 2.66. The third kappa shape index (κ3) is 4.16. The molecule has 0 aliphatic rings. The standard InChI is InChI=1S/C19H21N3O3/c1-25-15-8-6-14(7-9-15)18(23)12-20-19(24)10-11-22-13-21-16-4-2-3-5-17(16)22/h2-9,13,18,23H,10-12H2,1H3,(H,20,24)/t18-/m1/s1. The Morgan fingerprint density at radius 2 is 2.00 bits per heavy atom. The molecule has 3 aromatic rings. The van der Waals surface area contributed by atoms with Crippen molar-refractivity contribution in [3.8, 4) is 5.75 Å². The van der Waals surface area contributed by atoms with Gasteiger partial charge >= 0.3 is 0 Å². The molecule has 1 atom stereocenters. The second kappa shape index (κ2) is 7.81. The number of carbonyl (C=O) groups excluding carboxylic acids is 1. The molecule has 0 radical (unpaired) electrons. The first-order chi connectivity index (χ1) is 12.2. The molecule has 1 heterocycles. The minimum atomic E-state index is -0.746. The quantitative estimate of drug-likeness (QED) is 0.692. The van der Waals surface area contributed by atoms with Crippen molar-refractivity contribution < 1.29 is 14.6 Å². The smallest absolute Gasteiger partial charge is 0.221 e. The first-order valence-corrected chi connectivity index (χ1v) is 8.16. The molecule has 0 aliphatic heterocycles. The van der Waals surface area contributed by atoms with Crippen LogP contribution in [0.2, 0.25) is 0 Å². The number of aryl methyl sites for hydroxylation is 1. The van der Waals surface area contributed by atoms with Gasteiger partial charge in [-0.1, -0.05) is 24.3 Å². The number of imidazole rings is 1. The van der Waals surface area contributed by atoms with E-state index in [1.54, 1.807) is 37.7 Å². The van der Waals surface area contributed by atoms with Crippen LogP contribution in [-0.4, -0.2) is 34.2 Å². The second-order valence-electron chi connectivity index (χ2n) is 5.77. The molecule has 0 saturated heterocycles. The van der Waals surface area contributed by atoms with Crippen LogP contribution in [0.15, 0.2) is 54.9 Å². The summed E-state index contributed by atoms with van der Waals surface area (Å²) < 4.78 is 7.04. The summed E-state index contributed by atoms with van der Waals surface area (Å²) in [6.45, 7) is 0.723. The number of methoxy groups -OCH3 is 1. The zero-order valence-electron chi connectivity index (χ0n) is 14.1. The van der Waals surface area contributed by atoms with Crippen molar-refractivity contribution in [3.05, 3.63) is 60.4 Å². The molecule has 0 spiro atoms. The number of aromatic nitrogens is 2. The number of fused-ring (bicyclic) bond motifs is 1. The van der Waals surface area contributed by atoms with Crippen molar-refractivity contribution in [3.63, 3.8) is 0 Å². The van der Waals surface area contributed by atoms with Crippen LogP contribution in [0.25, 0.3) is 11.0 Å². The number of nitrogens with one attached hydrogen (secondary N) is 1. The van der Waals surface area contributed by atoms with Crippen molar-refractivity contribution in [1.29, 1.82) is 0 Å². The number of hydrogen-bond donors (Lipinski definition) is 2. The van der Waals surface area contributed by atoms with E-state index in [2.05, 4.69) is 10.3 Å². The van der Waals surface area contributed by atoms with E-state index in [9.17, 15) is 9.90 Å². The third-order valence-corrected chi connectivity index (χ3v) is 4.10. The van der Waals surface area contributed by atoms with Gasteiger partial charge in [-0.25, -0.2) is 4.98 Å². The van der Waals surface area contributed by atoms with Gasteiger partial charge in [0.2, 0.25) is 5.91 Å². The van der Waals surface area contributed by atoms with Crippen LogP contribution in [0.3, 0.4) is 0 Å². The van der Waals surface area contributed by atoms with E-state index in [1.165, 1.54) is 0 Å². The molecule has 3 rings (SSSR count). The summed E-state index contributed by atoms with van der Waals surface area (Å²) >= 11 is 0. The van der Waals surface area contributed by atoms with Gasteiger partial charge in [-0.15, -0.1) is 0 Å². The predicted molar refractivity (Wildman–Crippen MR) is 95.3 cm³/mol. The topological polar surface area (TPSA) is 76.4 Å². The highest BCUT2D eigenvalue weighted by Crippen LogP contribution is 2.17.